The predicted molar refractivity (Wildman–Crippen MR) is 62.0 cm³/mol. The Labute approximate surface area is 101 Å². The number of fused-ring (bicyclic) bond motifs is 1. The van der Waals surface area contributed by atoms with Crippen molar-refractivity contribution in [3.05, 3.63) is 34.2 Å². The van der Waals surface area contributed by atoms with Crippen LogP contribution in [-0.2, 0) is 4.74 Å². The number of carbonyl (C=O) groups excluding carboxylic acids is 1. The van der Waals surface area contributed by atoms with E-state index in [9.17, 15) is 14.7 Å². The van der Waals surface area contributed by atoms with Crippen molar-refractivity contribution in [3.8, 4) is 11.5 Å². The second-order valence-electron chi connectivity index (χ2n) is 3.47. The Hall–Kier alpha value is -2.50. The van der Waals surface area contributed by atoms with Crippen molar-refractivity contribution in [1.29, 1.82) is 0 Å². The van der Waals surface area contributed by atoms with Gasteiger partial charge >= 0.3 is 11.6 Å². The predicted octanol–water partition coefficient (Wildman–Crippen LogP) is 1.29. The smallest absolute Gasteiger partial charge is 0.341 e. The number of benzene rings is 1. The largest absolute Gasteiger partial charge is 0.504 e. The van der Waals surface area contributed by atoms with Gasteiger partial charge in [0.25, 0.3) is 0 Å². The summed E-state index contributed by atoms with van der Waals surface area (Å²) >= 11 is 0. The molecule has 0 radical (unpaired) electrons. The molecule has 6 nitrogen and oxygen atoms in total. The molecule has 2 rings (SSSR count). The molecule has 94 valence electrons. The van der Waals surface area contributed by atoms with Gasteiger partial charge in [0.1, 0.15) is 5.56 Å². The van der Waals surface area contributed by atoms with Gasteiger partial charge in [-0.15, -0.1) is 0 Å². The van der Waals surface area contributed by atoms with Crippen molar-refractivity contribution in [2.45, 2.75) is 0 Å². The summed E-state index contributed by atoms with van der Waals surface area (Å²) in [4.78, 5) is 22.6. The molecule has 0 atom stereocenters. The second-order valence-corrected chi connectivity index (χ2v) is 3.47. The van der Waals surface area contributed by atoms with Gasteiger partial charge in [0.15, 0.2) is 11.3 Å². The number of ether oxygens (including phenoxy) is 2. The van der Waals surface area contributed by atoms with Crippen LogP contribution in [0, 0.1) is 0 Å². The molecule has 0 bridgehead atoms. The van der Waals surface area contributed by atoms with E-state index >= 15 is 0 Å². The minimum atomic E-state index is -0.709. The van der Waals surface area contributed by atoms with Crippen molar-refractivity contribution in [1.82, 2.24) is 0 Å². The van der Waals surface area contributed by atoms with Crippen LogP contribution in [0.4, 0.5) is 0 Å². The summed E-state index contributed by atoms with van der Waals surface area (Å²) < 4.78 is 14.4. The van der Waals surface area contributed by atoms with Crippen LogP contribution in [0.5, 0.6) is 11.5 Å². The van der Waals surface area contributed by atoms with Gasteiger partial charge in [-0.1, -0.05) is 0 Å². The molecule has 18 heavy (non-hydrogen) atoms. The van der Waals surface area contributed by atoms with Gasteiger partial charge in [0, 0.05) is 11.5 Å². The highest BCUT2D eigenvalue weighted by Gasteiger charge is 2.20. The summed E-state index contributed by atoms with van der Waals surface area (Å²) in [6, 6.07) is 4.04. The number of esters is 1. The van der Waals surface area contributed by atoms with Gasteiger partial charge < -0.3 is 19.0 Å². The van der Waals surface area contributed by atoms with Crippen LogP contribution >= 0.6 is 0 Å². The first-order valence-corrected chi connectivity index (χ1v) is 5.00. The highest BCUT2D eigenvalue weighted by atomic mass is 16.5. The lowest BCUT2D eigenvalue weighted by atomic mass is 10.1. The number of phenols is 1. The Morgan fingerprint density at radius 3 is 2.67 bits per heavy atom. The van der Waals surface area contributed by atoms with E-state index in [-0.39, 0.29) is 16.9 Å². The van der Waals surface area contributed by atoms with Gasteiger partial charge in [0.05, 0.1) is 14.2 Å². The Bertz CT molecular complexity index is 670. The van der Waals surface area contributed by atoms with Crippen molar-refractivity contribution < 1.29 is 23.8 Å². The summed E-state index contributed by atoms with van der Waals surface area (Å²) in [5.41, 5.74) is -0.558. The first-order valence-electron chi connectivity index (χ1n) is 5.00. The summed E-state index contributed by atoms with van der Waals surface area (Å²) in [5.74, 6) is -1.21. The molecule has 1 heterocycles. The van der Waals surface area contributed by atoms with Crippen molar-refractivity contribution in [2.24, 2.45) is 0 Å². The quantitative estimate of drug-likeness (QED) is 0.638. The molecule has 0 unspecified atom stereocenters. The van der Waals surface area contributed by atoms with Gasteiger partial charge in [0.2, 0.25) is 5.75 Å². The molecular weight excluding hydrogens is 240 g/mol. The van der Waals surface area contributed by atoms with Crippen molar-refractivity contribution in [3.63, 3.8) is 0 Å². The third-order valence-electron chi connectivity index (χ3n) is 2.45. The number of rotatable bonds is 2. The lowest BCUT2D eigenvalue weighted by Gasteiger charge is -2.09. The maximum absolute atomic E-state index is 11.5. The molecule has 0 saturated heterocycles. The molecule has 2 aromatic rings. The highest BCUT2D eigenvalue weighted by molar-refractivity contribution is 6.00. The molecule has 0 aliphatic heterocycles. The fourth-order valence-electron chi connectivity index (χ4n) is 1.63. The van der Waals surface area contributed by atoms with Crippen LogP contribution in [-0.4, -0.2) is 25.3 Å². The minimum Gasteiger partial charge on any atom is -0.504 e. The van der Waals surface area contributed by atoms with Crippen molar-refractivity contribution in [2.75, 3.05) is 14.2 Å². The van der Waals surface area contributed by atoms with E-state index in [1.807, 2.05) is 0 Å². The third-order valence-corrected chi connectivity index (χ3v) is 2.45. The molecule has 1 aromatic carbocycles. The number of hydrogen-bond donors (Lipinski definition) is 1. The number of carbonyl (C=O) groups is 1. The van der Waals surface area contributed by atoms with Crippen LogP contribution in [0.25, 0.3) is 11.0 Å². The molecule has 6 heteroatoms. The standard InChI is InChI=1S/C12H10O6/c1-16-11-9(14)7(12(15)17-2)5-6-3-4-8(13)18-10(6)11/h3-5,14H,1-2H3. The molecule has 0 aliphatic rings. The summed E-state index contributed by atoms with van der Waals surface area (Å²) in [7, 11) is 2.49. The zero-order valence-corrected chi connectivity index (χ0v) is 9.72. The molecule has 0 spiro atoms. The molecule has 0 saturated carbocycles. The van der Waals surface area contributed by atoms with Gasteiger partial charge in [-0.05, 0) is 12.1 Å². The number of phenolic OH excluding ortho intramolecular Hbond substituents is 1. The number of aromatic hydroxyl groups is 1. The lowest BCUT2D eigenvalue weighted by molar-refractivity contribution is 0.0597. The Balaban J connectivity index is 2.86. The number of methoxy groups -OCH3 is 2. The van der Waals surface area contributed by atoms with E-state index in [1.165, 1.54) is 32.4 Å². The fourth-order valence-corrected chi connectivity index (χ4v) is 1.63. The Kier molecular flexibility index (Phi) is 2.93. The van der Waals surface area contributed by atoms with E-state index < -0.39 is 17.3 Å². The van der Waals surface area contributed by atoms with Gasteiger partial charge in [-0.2, -0.15) is 0 Å². The highest BCUT2D eigenvalue weighted by Crippen LogP contribution is 2.37. The second kappa shape index (κ2) is 4.40. The van der Waals surface area contributed by atoms with Gasteiger partial charge in [-0.25, -0.2) is 9.59 Å². The average molecular weight is 250 g/mol. The summed E-state index contributed by atoms with van der Waals surface area (Å²) in [6.07, 6.45) is 0. The van der Waals surface area contributed by atoms with Crippen LogP contribution in [0.15, 0.2) is 27.4 Å². The monoisotopic (exact) mass is 250 g/mol. The minimum absolute atomic E-state index is 0.0595. The molecule has 0 amide bonds. The molecule has 0 fully saturated rings. The zero-order valence-electron chi connectivity index (χ0n) is 9.72. The first kappa shape index (κ1) is 12.0. The normalized spacial score (nSPS) is 10.3. The SMILES string of the molecule is COC(=O)c1cc2ccc(=O)oc2c(OC)c1O. The maximum atomic E-state index is 11.5. The molecule has 1 aromatic heterocycles. The lowest BCUT2D eigenvalue weighted by Crippen LogP contribution is -2.04. The van der Waals surface area contributed by atoms with Crippen LogP contribution in [0.2, 0.25) is 0 Å². The topological polar surface area (TPSA) is 86.0 Å². The molecule has 1 N–H and O–H groups in total. The third kappa shape index (κ3) is 1.77. The zero-order chi connectivity index (χ0) is 13.3. The summed E-state index contributed by atoms with van der Waals surface area (Å²) in [6.45, 7) is 0. The van der Waals surface area contributed by atoms with Crippen LogP contribution in [0.3, 0.4) is 0 Å². The fraction of sp³-hybridized carbons (Fsp3) is 0.167. The van der Waals surface area contributed by atoms with Crippen molar-refractivity contribution >= 4 is 16.9 Å². The van der Waals surface area contributed by atoms with E-state index in [0.29, 0.717) is 5.39 Å². The van der Waals surface area contributed by atoms with E-state index in [2.05, 4.69) is 4.74 Å². The molecular formula is C12H10O6. The first-order chi connectivity index (χ1) is 8.58. The molecule has 0 aliphatic carbocycles. The maximum Gasteiger partial charge on any atom is 0.341 e. The van der Waals surface area contributed by atoms with E-state index in [0.717, 1.165) is 0 Å². The van der Waals surface area contributed by atoms with E-state index in [1.54, 1.807) is 0 Å². The Morgan fingerprint density at radius 2 is 2.06 bits per heavy atom. The summed E-state index contributed by atoms with van der Waals surface area (Å²) in [5, 5.41) is 10.3. The van der Waals surface area contributed by atoms with Gasteiger partial charge in [-0.3, -0.25) is 0 Å². The number of hydrogen-bond acceptors (Lipinski definition) is 6. The average Bonchev–Trinajstić information content (AvgIpc) is 2.37. The van der Waals surface area contributed by atoms with Crippen LogP contribution in [0.1, 0.15) is 10.4 Å². The van der Waals surface area contributed by atoms with E-state index in [4.69, 9.17) is 9.15 Å². The Morgan fingerprint density at radius 1 is 1.33 bits per heavy atom. The van der Waals surface area contributed by atoms with Crippen LogP contribution < -0.4 is 10.4 Å².